The predicted molar refractivity (Wildman–Crippen MR) is 86.2 cm³/mol. The molecule has 1 N–H and O–H groups in total. The maximum Gasteiger partial charge on any atom is 0.224 e. The average molecular weight is 328 g/mol. The standard InChI is InChI=1S/C16H14ClN5O/c17-15-4-2-1-3-13(15)10-18-16(23)9-12-5-7-14(8-6-12)22-11-19-20-21-22/h1-8,11H,9-10H2,(H,18,23). The fraction of sp³-hybridized carbons (Fsp3) is 0.125. The van der Waals surface area contributed by atoms with E-state index in [1.807, 2.05) is 42.5 Å². The Morgan fingerprint density at radius 3 is 2.61 bits per heavy atom. The molecule has 0 aliphatic carbocycles. The number of halogens is 1. The maximum atomic E-state index is 12.0. The lowest BCUT2D eigenvalue weighted by molar-refractivity contribution is -0.120. The molecule has 0 saturated heterocycles. The summed E-state index contributed by atoms with van der Waals surface area (Å²) >= 11 is 6.06. The van der Waals surface area contributed by atoms with Gasteiger partial charge in [0.2, 0.25) is 5.91 Å². The molecule has 0 unspecified atom stereocenters. The average Bonchev–Trinajstić information content (AvgIpc) is 3.09. The predicted octanol–water partition coefficient (Wildman–Crippen LogP) is 2.17. The van der Waals surface area contributed by atoms with E-state index in [1.54, 1.807) is 10.7 Å². The van der Waals surface area contributed by atoms with E-state index in [9.17, 15) is 4.79 Å². The Morgan fingerprint density at radius 2 is 1.91 bits per heavy atom. The van der Waals surface area contributed by atoms with Gasteiger partial charge in [0.05, 0.1) is 12.1 Å². The lowest BCUT2D eigenvalue weighted by atomic mass is 10.1. The van der Waals surface area contributed by atoms with Gasteiger partial charge in [0, 0.05) is 11.6 Å². The maximum absolute atomic E-state index is 12.0. The van der Waals surface area contributed by atoms with E-state index in [-0.39, 0.29) is 5.91 Å². The molecule has 0 fully saturated rings. The highest BCUT2D eigenvalue weighted by molar-refractivity contribution is 6.31. The Bertz CT molecular complexity index is 786. The Hall–Kier alpha value is -2.73. The Labute approximate surface area is 138 Å². The second-order valence-electron chi connectivity index (χ2n) is 4.97. The molecule has 1 amide bonds. The van der Waals surface area contributed by atoms with Crippen LogP contribution in [0.25, 0.3) is 5.69 Å². The summed E-state index contributed by atoms with van der Waals surface area (Å²) in [6.07, 6.45) is 1.83. The van der Waals surface area contributed by atoms with Crippen LogP contribution in [0.4, 0.5) is 0 Å². The van der Waals surface area contributed by atoms with E-state index < -0.39 is 0 Å². The molecule has 0 spiro atoms. The molecule has 116 valence electrons. The fourth-order valence-electron chi connectivity index (χ4n) is 2.13. The molecule has 0 aliphatic rings. The number of amides is 1. The highest BCUT2D eigenvalue weighted by Crippen LogP contribution is 2.14. The molecule has 1 aromatic heterocycles. The number of tetrazole rings is 1. The van der Waals surface area contributed by atoms with E-state index in [0.29, 0.717) is 18.0 Å². The van der Waals surface area contributed by atoms with Crippen molar-refractivity contribution in [1.29, 1.82) is 0 Å². The van der Waals surface area contributed by atoms with E-state index in [0.717, 1.165) is 16.8 Å². The highest BCUT2D eigenvalue weighted by Gasteiger charge is 2.06. The molecule has 0 radical (unpaired) electrons. The third kappa shape index (κ3) is 3.92. The number of rotatable bonds is 5. The van der Waals surface area contributed by atoms with Crippen LogP contribution in [0.3, 0.4) is 0 Å². The second kappa shape index (κ2) is 7.02. The minimum atomic E-state index is -0.0555. The number of nitrogens with zero attached hydrogens (tertiary/aromatic N) is 4. The Balaban J connectivity index is 1.57. The van der Waals surface area contributed by atoms with Crippen molar-refractivity contribution in [2.45, 2.75) is 13.0 Å². The van der Waals surface area contributed by atoms with Crippen LogP contribution in [-0.4, -0.2) is 26.1 Å². The van der Waals surface area contributed by atoms with Crippen molar-refractivity contribution >= 4 is 17.5 Å². The van der Waals surface area contributed by atoms with Crippen molar-refractivity contribution in [2.24, 2.45) is 0 Å². The number of nitrogens with one attached hydrogen (secondary N) is 1. The molecule has 0 aliphatic heterocycles. The van der Waals surface area contributed by atoms with Crippen LogP contribution in [0.1, 0.15) is 11.1 Å². The number of carbonyl (C=O) groups is 1. The third-order valence-electron chi connectivity index (χ3n) is 3.35. The minimum absolute atomic E-state index is 0.0555. The SMILES string of the molecule is O=C(Cc1ccc(-n2cnnn2)cc1)NCc1ccccc1Cl. The van der Waals surface area contributed by atoms with Gasteiger partial charge in [-0.05, 0) is 39.8 Å². The van der Waals surface area contributed by atoms with E-state index in [2.05, 4.69) is 20.8 Å². The monoisotopic (exact) mass is 327 g/mol. The lowest BCUT2D eigenvalue weighted by Crippen LogP contribution is -2.24. The summed E-state index contributed by atoms with van der Waals surface area (Å²) in [5.41, 5.74) is 2.66. The van der Waals surface area contributed by atoms with Gasteiger partial charge in [-0.25, -0.2) is 4.68 Å². The molecule has 3 aromatic rings. The zero-order chi connectivity index (χ0) is 16.1. The van der Waals surface area contributed by atoms with Crippen LogP contribution in [0.15, 0.2) is 54.9 Å². The van der Waals surface area contributed by atoms with Gasteiger partial charge in [-0.15, -0.1) is 5.10 Å². The summed E-state index contributed by atoms with van der Waals surface area (Å²) in [5.74, 6) is -0.0555. The van der Waals surface area contributed by atoms with Crippen molar-refractivity contribution < 1.29 is 4.79 Å². The van der Waals surface area contributed by atoms with Crippen LogP contribution >= 0.6 is 11.6 Å². The lowest BCUT2D eigenvalue weighted by Gasteiger charge is -2.07. The highest BCUT2D eigenvalue weighted by atomic mass is 35.5. The van der Waals surface area contributed by atoms with Crippen molar-refractivity contribution in [1.82, 2.24) is 25.5 Å². The molecule has 23 heavy (non-hydrogen) atoms. The molecular formula is C16H14ClN5O. The van der Waals surface area contributed by atoms with Gasteiger partial charge in [-0.3, -0.25) is 4.79 Å². The van der Waals surface area contributed by atoms with Crippen LogP contribution < -0.4 is 5.32 Å². The summed E-state index contributed by atoms with van der Waals surface area (Å²) in [6.45, 7) is 0.418. The molecule has 0 saturated carbocycles. The van der Waals surface area contributed by atoms with Crippen molar-refractivity contribution in [2.75, 3.05) is 0 Å². The Kier molecular flexibility index (Phi) is 4.63. The molecular weight excluding hydrogens is 314 g/mol. The number of hydrogen-bond acceptors (Lipinski definition) is 4. The molecule has 1 heterocycles. The Morgan fingerprint density at radius 1 is 1.13 bits per heavy atom. The normalized spacial score (nSPS) is 10.5. The summed E-state index contributed by atoms with van der Waals surface area (Å²) in [7, 11) is 0. The van der Waals surface area contributed by atoms with E-state index in [4.69, 9.17) is 11.6 Å². The second-order valence-corrected chi connectivity index (χ2v) is 5.37. The third-order valence-corrected chi connectivity index (χ3v) is 3.72. The summed E-state index contributed by atoms with van der Waals surface area (Å²) < 4.78 is 1.56. The van der Waals surface area contributed by atoms with Crippen LogP contribution in [0.5, 0.6) is 0 Å². The zero-order valence-electron chi connectivity index (χ0n) is 12.2. The molecule has 2 aromatic carbocycles. The van der Waals surface area contributed by atoms with Gasteiger partial charge in [0.25, 0.3) is 0 Å². The van der Waals surface area contributed by atoms with Gasteiger partial charge in [0.1, 0.15) is 6.33 Å². The number of carbonyl (C=O) groups excluding carboxylic acids is 1. The first-order valence-corrected chi connectivity index (χ1v) is 7.42. The van der Waals surface area contributed by atoms with E-state index in [1.165, 1.54) is 6.33 Å². The molecule has 3 rings (SSSR count). The van der Waals surface area contributed by atoms with Gasteiger partial charge in [0.15, 0.2) is 0 Å². The first kappa shape index (κ1) is 15.2. The summed E-state index contributed by atoms with van der Waals surface area (Å²) in [5, 5.41) is 14.5. The largest absolute Gasteiger partial charge is 0.352 e. The summed E-state index contributed by atoms with van der Waals surface area (Å²) in [4.78, 5) is 12.0. The molecule has 7 heteroatoms. The zero-order valence-corrected chi connectivity index (χ0v) is 12.9. The van der Waals surface area contributed by atoms with Crippen LogP contribution in [-0.2, 0) is 17.8 Å². The fourth-order valence-corrected chi connectivity index (χ4v) is 2.33. The summed E-state index contributed by atoms with van der Waals surface area (Å²) in [6, 6.07) is 15.0. The molecule has 0 atom stereocenters. The van der Waals surface area contributed by atoms with Crippen molar-refractivity contribution in [3.05, 3.63) is 71.0 Å². The number of benzene rings is 2. The quantitative estimate of drug-likeness (QED) is 0.779. The van der Waals surface area contributed by atoms with Gasteiger partial charge < -0.3 is 5.32 Å². The van der Waals surface area contributed by atoms with Gasteiger partial charge in [-0.1, -0.05) is 41.9 Å². The van der Waals surface area contributed by atoms with Crippen LogP contribution in [0.2, 0.25) is 5.02 Å². The topological polar surface area (TPSA) is 72.7 Å². The van der Waals surface area contributed by atoms with Gasteiger partial charge in [-0.2, -0.15) is 0 Å². The van der Waals surface area contributed by atoms with Crippen molar-refractivity contribution in [3.8, 4) is 5.69 Å². The number of aromatic nitrogens is 4. The number of hydrogen-bond donors (Lipinski definition) is 1. The van der Waals surface area contributed by atoms with Gasteiger partial charge >= 0.3 is 0 Å². The van der Waals surface area contributed by atoms with E-state index >= 15 is 0 Å². The minimum Gasteiger partial charge on any atom is -0.352 e. The first-order valence-electron chi connectivity index (χ1n) is 7.05. The van der Waals surface area contributed by atoms with Crippen LogP contribution in [0, 0.1) is 0 Å². The molecule has 6 nitrogen and oxygen atoms in total. The molecule has 0 bridgehead atoms. The smallest absolute Gasteiger partial charge is 0.224 e. The first-order chi connectivity index (χ1) is 11.2. The van der Waals surface area contributed by atoms with Crippen molar-refractivity contribution in [3.63, 3.8) is 0 Å².